The van der Waals surface area contributed by atoms with Gasteiger partial charge in [0.05, 0.1) is 5.56 Å². The van der Waals surface area contributed by atoms with Gasteiger partial charge in [0.15, 0.2) is 0 Å². The topological polar surface area (TPSA) is 54.7 Å². The van der Waals surface area contributed by atoms with Crippen molar-refractivity contribution in [3.05, 3.63) is 60.8 Å². The normalized spacial score (nSPS) is 11.0. The Labute approximate surface area is 115 Å². The van der Waals surface area contributed by atoms with E-state index in [4.69, 9.17) is 4.52 Å². The van der Waals surface area contributed by atoms with Crippen LogP contribution in [0.5, 0.6) is 0 Å². The van der Waals surface area contributed by atoms with E-state index < -0.39 is 0 Å². The molecule has 2 aromatic carbocycles. The zero-order chi connectivity index (χ0) is 13.4. The number of para-hydroxylation sites is 1. The van der Waals surface area contributed by atoms with Crippen molar-refractivity contribution in [1.82, 2.24) is 15.1 Å². The second kappa shape index (κ2) is 4.35. The average molecular weight is 261 g/mol. The molecule has 0 saturated heterocycles. The van der Waals surface area contributed by atoms with Crippen LogP contribution in [0.15, 0.2) is 65.3 Å². The van der Waals surface area contributed by atoms with Gasteiger partial charge in [0, 0.05) is 22.7 Å². The average Bonchev–Trinajstić information content (AvgIpc) is 3.14. The first-order chi connectivity index (χ1) is 9.92. The highest BCUT2D eigenvalue weighted by Crippen LogP contribution is 2.28. The van der Waals surface area contributed by atoms with Crippen molar-refractivity contribution in [2.45, 2.75) is 0 Å². The van der Waals surface area contributed by atoms with Crippen LogP contribution >= 0.6 is 0 Å². The van der Waals surface area contributed by atoms with E-state index in [0.717, 1.165) is 22.0 Å². The van der Waals surface area contributed by atoms with Crippen LogP contribution in [0, 0.1) is 0 Å². The quantitative estimate of drug-likeness (QED) is 0.595. The molecule has 0 aliphatic carbocycles. The van der Waals surface area contributed by atoms with Gasteiger partial charge in [0.2, 0.25) is 5.82 Å². The lowest BCUT2D eigenvalue weighted by molar-refractivity contribution is 0.432. The number of H-pyrrole nitrogens is 1. The summed E-state index contributed by atoms with van der Waals surface area (Å²) in [5, 5.41) is 5.13. The molecule has 0 unspecified atom stereocenters. The molecule has 0 atom stereocenters. The monoisotopic (exact) mass is 261 g/mol. The Hall–Kier alpha value is -2.88. The molecule has 0 aliphatic rings. The molecule has 0 radical (unpaired) electrons. The summed E-state index contributed by atoms with van der Waals surface area (Å²) in [5.41, 5.74) is 2.93. The van der Waals surface area contributed by atoms with Crippen LogP contribution in [0.1, 0.15) is 0 Å². The number of fused-ring (bicyclic) bond motifs is 1. The standard InChI is InChI=1S/C16H11N3O/c1-2-6-11(7-3-1)15-18-16(20-19-15)13-10-17-14-9-5-4-8-12(13)14/h1-10,17H. The third kappa shape index (κ3) is 1.70. The highest BCUT2D eigenvalue weighted by atomic mass is 16.5. The Bertz CT molecular complexity index is 861. The number of aromatic nitrogens is 3. The lowest BCUT2D eigenvalue weighted by Gasteiger charge is -1.91. The van der Waals surface area contributed by atoms with Crippen LogP contribution in [0.4, 0.5) is 0 Å². The summed E-state index contributed by atoms with van der Waals surface area (Å²) in [6.45, 7) is 0. The van der Waals surface area contributed by atoms with E-state index in [1.54, 1.807) is 0 Å². The molecule has 4 heteroatoms. The van der Waals surface area contributed by atoms with Gasteiger partial charge in [0.1, 0.15) is 0 Å². The van der Waals surface area contributed by atoms with Crippen molar-refractivity contribution in [2.24, 2.45) is 0 Å². The van der Waals surface area contributed by atoms with Crippen LogP contribution in [-0.4, -0.2) is 15.1 Å². The zero-order valence-corrected chi connectivity index (χ0v) is 10.6. The van der Waals surface area contributed by atoms with Crippen LogP contribution in [0.2, 0.25) is 0 Å². The molecule has 0 amide bonds. The van der Waals surface area contributed by atoms with Crippen LogP contribution < -0.4 is 0 Å². The van der Waals surface area contributed by atoms with Crippen molar-refractivity contribution < 1.29 is 4.52 Å². The number of hydrogen-bond acceptors (Lipinski definition) is 3. The minimum Gasteiger partial charge on any atom is -0.360 e. The Morgan fingerprint density at radius 1 is 0.900 bits per heavy atom. The van der Waals surface area contributed by atoms with Gasteiger partial charge in [-0.15, -0.1) is 0 Å². The predicted molar refractivity (Wildman–Crippen MR) is 77.0 cm³/mol. The fraction of sp³-hybridized carbons (Fsp3) is 0. The SMILES string of the molecule is c1ccc(-c2noc(-c3c[nH]c4ccccc34)n2)cc1. The molecule has 4 rings (SSSR count). The van der Waals surface area contributed by atoms with Gasteiger partial charge >= 0.3 is 0 Å². The van der Waals surface area contributed by atoms with Crippen molar-refractivity contribution >= 4 is 10.9 Å². The van der Waals surface area contributed by atoms with Crippen molar-refractivity contribution in [3.8, 4) is 22.8 Å². The Kier molecular flexibility index (Phi) is 2.39. The van der Waals surface area contributed by atoms with Crippen LogP contribution in [0.3, 0.4) is 0 Å². The number of benzene rings is 2. The first-order valence-corrected chi connectivity index (χ1v) is 6.37. The highest BCUT2D eigenvalue weighted by Gasteiger charge is 2.13. The third-order valence-electron chi connectivity index (χ3n) is 3.28. The number of nitrogens with one attached hydrogen (secondary N) is 1. The van der Waals surface area contributed by atoms with Gasteiger partial charge in [-0.25, -0.2) is 0 Å². The second-order valence-corrected chi connectivity index (χ2v) is 4.54. The minimum atomic E-state index is 0.529. The summed E-state index contributed by atoms with van der Waals surface area (Å²) in [4.78, 5) is 7.68. The van der Waals surface area contributed by atoms with E-state index in [2.05, 4.69) is 15.1 Å². The van der Waals surface area contributed by atoms with Gasteiger partial charge < -0.3 is 9.51 Å². The van der Waals surface area contributed by atoms with Crippen molar-refractivity contribution in [3.63, 3.8) is 0 Å². The molecule has 1 N–H and O–H groups in total. The Balaban J connectivity index is 1.82. The molecule has 4 aromatic rings. The van der Waals surface area contributed by atoms with Gasteiger partial charge in [-0.05, 0) is 6.07 Å². The smallest absolute Gasteiger partial charge is 0.260 e. The first kappa shape index (κ1) is 11.0. The van der Waals surface area contributed by atoms with Crippen LogP contribution in [-0.2, 0) is 0 Å². The molecule has 20 heavy (non-hydrogen) atoms. The Morgan fingerprint density at radius 3 is 2.60 bits per heavy atom. The summed E-state index contributed by atoms with van der Waals surface area (Å²) in [7, 11) is 0. The summed E-state index contributed by atoms with van der Waals surface area (Å²) in [6.07, 6.45) is 1.90. The molecule has 96 valence electrons. The molecule has 0 saturated carbocycles. The molecule has 4 nitrogen and oxygen atoms in total. The molecule has 0 spiro atoms. The fourth-order valence-corrected chi connectivity index (χ4v) is 2.29. The molecule has 0 fully saturated rings. The maximum absolute atomic E-state index is 5.39. The molecule has 2 heterocycles. The van der Waals surface area contributed by atoms with E-state index in [9.17, 15) is 0 Å². The molecule has 2 aromatic heterocycles. The summed E-state index contributed by atoms with van der Waals surface area (Å²) < 4.78 is 5.39. The largest absolute Gasteiger partial charge is 0.360 e. The summed E-state index contributed by atoms with van der Waals surface area (Å²) in [6, 6.07) is 17.8. The van der Waals surface area contributed by atoms with Gasteiger partial charge in [-0.2, -0.15) is 4.98 Å². The molecular weight excluding hydrogens is 250 g/mol. The number of hydrogen-bond donors (Lipinski definition) is 1. The van der Waals surface area contributed by atoms with E-state index in [1.165, 1.54) is 0 Å². The Morgan fingerprint density at radius 2 is 1.70 bits per heavy atom. The summed E-state index contributed by atoms with van der Waals surface area (Å²) in [5.74, 6) is 1.13. The van der Waals surface area contributed by atoms with Crippen molar-refractivity contribution in [1.29, 1.82) is 0 Å². The maximum atomic E-state index is 5.39. The first-order valence-electron chi connectivity index (χ1n) is 6.37. The second-order valence-electron chi connectivity index (χ2n) is 4.54. The number of aromatic amines is 1. The summed E-state index contributed by atoms with van der Waals surface area (Å²) >= 11 is 0. The highest BCUT2D eigenvalue weighted by molar-refractivity contribution is 5.93. The number of rotatable bonds is 2. The van der Waals surface area contributed by atoms with Gasteiger partial charge in [-0.3, -0.25) is 0 Å². The fourth-order valence-electron chi connectivity index (χ4n) is 2.29. The minimum absolute atomic E-state index is 0.529. The predicted octanol–water partition coefficient (Wildman–Crippen LogP) is 3.88. The van der Waals surface area contributed by atoms with E-state index >= 15 is 0 Å². The zero-order valence-electron chi connectivity index (χ0n) is 10.6. The third-order valence-corrected chi connectivity index (χ3v) is 3.28. The van der Waals surface area contributed by atoms with E-state index in [1.807, 2.05) is 60.8 Å². The maximum Gasteiger partial charge on any atom is 0.260 e. The van der Waals surface area contributed by atoms with Crippen LogP contribution in [0.25, 0.3) is 33.7 Å². The van der Waals surface area contributed by atoms with Gasteiger partial charge in [-0.1, -0.05) is 53.7 Å². The van der Waals surface area contributed by atoms with Gasteiger partial charge in [0.25, 0.3) is 5.89 Å². The van der Waals surface area contributed by atoms with Crippen molar-refractivity contribution in [2.75, 3.05) is 0 Å². The lowest BCUT2D eigenvalue weighted by Crippen LogP contribution is -1.79. The lowest BCUT2D eigenvalue weighted by atomic mass is 10.2. The molecule has 0 aliphatic heterocycles. The van der Waals surface area contributed by atoms with E-state index in [-0.39, 0.29) is 0 Å². The molecular formula is C16H11N3O. The number of nitrogens with zero attached hydrogens (tertiary/aromatic N) is 2. The van der Waals surface area contributed by atoms with E-state index in [0.29, 0.717) is 11.7 Å². The molecule has 0 bridgehead atoms.